The van der Waals surface area contributed by atoms with E-state index in [1.165, 1.54) is 6.07 Å². The van der Waals surface area contributed by atoms with Crippen molar-refractivity contribution in [2.75, 3.05) is 7.11 Å². The SMILES string of the molecule is COc1ccc(F)c(-c2ccc(C3CCc4ccc([C@H](C5CC5)[C@H](C)C(=O)O)cc4O3)cc2C[NH3+])c1.O=C([O-])C(F)(F)F. The number of methoxy groups -OCH3 is 1. The van der Waals surface area contributed by atoms with Crippen molar-refractivity contribution in [3.8, 4) is 22.6 Å². The van der Waals surface area contributed by atoms with E-state index in [1.807, 2.05) is 12.1 Å². The van der Waals surface area contributed by atoms with Gasteiger partial charge in [-0.05, 0) is 90.1 Å². The molecule has 0 amide bonds. The number of hydrogen-bond acceptors (Lipinski definition) is 5. The molecule has 11 heteroatoms. The van der Waals surface area contributed by atoms with Gasteiger partial charge in [-0.15, -0.1) is 0 Å². The highest BCUT2D eigenvalue weighted by Crippen LogP contribution is 2.48. The quantitative estimate of drug-likeness (QED) is 0.356. The number of benzene rings is 3. The van der Waals surface area contributed by atoms with Crippen molar-refractivity contribution < 1.29 is 52.6 Å². The molecule has 3 aromatic rings. The maximum absolute atomic E-state index is 14.7. The average Bonchev–Trinajstić information content (AvgIpc) is 3.82. The van der Waals surface area contributed by atoms with E-state index in [0.29, 0.717) is 23.8 Å². The summed E-state index contributed by atoms with van der Waals surface area (Å²) in [6, 6.07) is 17.0. The molecule has 0 saturated heterocycles. The first-order valence-corrected chi connectivity index (χ1v) is 13.9. The van der Waals surface area contributed by atoms with Gasteiger partial charge in [0, 0.05) is 11.1 Å². The number of halogens is 4. The first-order valence-electron chi connectivity index (χ1n) is 13.9. The summed E-state index contributed by atoms with van der Waals surface area (Å²) in [5.41, 5.74) is 9.57. The van der Waals surface area contributed by atoms with Crippen LogP contribution < -0.4 is 20.3 Å². The summed E-state index contributed by atoms with van der Waals surface area (Å²) in [6.07, 6.45) is -1.44. The molecule has 7 nitrogen and oxygen atoms in total. The van der Waals surface area contributed by atoms with Crippen LogP contribution >= 0.6 is 0 Å². The topological polar surface area (TPSA) is 124 Å². The number of aliphatic carboxylic acids is 2. The summed E-state index contributed by atoms with van der Waals surface area (Å²) < 4.78 is 58.0. The van der Waals surface area contributed by atoms with Gasteiger partial charge in [0.25, 0.3) is 0 Å². The zero-order chi connectivity index (χ0) is 31.5. The molecule has 1 aliphatic heterocycles. The summed E-state index contributed by atoms with van der Waals surface area (Å²) in [6.45, 7) is 2.32. The Morgan fingerprint density at radius 2 is 1.77 bits per heavy atom. The van der Waals surface area contributed by atoms with Crippen LogP contribution in [0.1, 0.15) is 60.5 Å². The molecule has 3 atom stereocenters. The number of ether oxygens (including phenoxy) is 2. The van der Waals surface area contributed by atoms with Crippen LogP contribution in [0.4, 0.5) is 17.6 Å². The van der Waals surface area contributed by atoms with E-state index in [2.05, 4.69) is 30.0 Å². The highest BCUT2D eigenvalue weighted by Gasteiger charge is 2.39. The highest BCUT2D eigenvalue weighted by molar-refractivity contribution is 5.72. The number of fused-ring (bicyclic) bond motifs is 1. The van der Waals surface area contributed by atoms with E-state index in [1.54, 1.807) is 26.2 Å². The van der Waals surface area contributed by atoms with Crippen LogP contribution in [0, 0.1) is 17.7 Å². The Bertz CT molecular complexity index is 1490. The van der Waals surface area contributed by atoms with E-state index in [-0.39, 0.29) is 17.8 Å². The van der Waals surface area contributed by atoms with Gasteiger partial charge in [0.05, 0.1) is 13.0 Å². The molecule has 1 unspecified atom stereocenters. The Balaban J connectivity index is 0.000000541. The van der Waals surface area contributed by atoms with Crippen molar-refractivity contribution in [2.24, 2.45) is 11.8 Å². The monoisotopic (exact) mass is 603 g/mol. The first kappa shape index (κ1) is 31.8. The number of alkyl halides is 3. The molecule has 230 valence electrons. The predicted octanol–water partition coefficient (Wildman–Crippen LogP) is 4.82. The third-order valence-electron chi connectivity index (χ3n) is 7.94. The first-order chi connectivity index (χ1) is 20.3. The van der Waals surface area contributed by atoms with Gasteiger partial charge in [-0.3, -0.25) is 4.79 Å². The molecule has 43 heavy (non-hydrogen) atoms. The Kier molecular flexibility index (Phi) is 9.64. The van der Waals surface area contributed by atoms with E-state index in [9.17, 15) is 27.5 Å². The summed E-state index contributed by atoms with van der Waals surface area (Å²) >= 11 is 0. The molecule has 3 aromatic carbocycles. The molecular weight excluding hydrogens is 570 g/mol. The molecule has 1 aliphatic carbocycles. The Hall–Kier alpha value is -4.12. The second-order valence-electron chi connectivity index (χ2n) is 10.8. The van der Waals surface area contributed by atoms with Crippen molar-refractivity contribution in [3.63, 3.8) is 0 Å². The molecule has 0 spiro atoms. The van der Waals surface area contributed by atoms with E-state index >= 15 is 0 Å². The van der Waals surface area contributed by atoms with Crippen molar-refractivity contribution in [2.45, 2.75) is 57.3 Å². The standard InChI is InChI=1S/C30H32FNO4.C2HF3O2/c1-17(30(33)34)29(19-4-5-19)21-6-3-18-8-12-27(36-28(18)14-21)20-7-10-24(22(13-20)16-32)25-15-23(35-2)9-11-26(25)31;3-2(4,5)1(6)7/h3,6-7,9-11,13-15,17,19,27,29H,4-5,8,12,16,32H2,1-2H3,(H,33,34);(H,6,7)/t17-,27?,29-;/m0./s1. The molecule has 2 aliphatic rings. The molecule has 0 aromatic heterocycles. The summed E-state index contributed by atoms with van der Waals surface area (Å²) in [5, 5.41) is 18.4. The highest BCUT2D eigenvalue weighted by atomic mass is 19.4. The summed E-state index contributed by atoms with van der Waals surface area (Å²) in [4.78, 5) is 20.5. The largest absolute Gasteiger partial charge is 0.542 e. The van der Waals surface area contributed by atoms with Gasteiger partial charge in [-0.2, -0.15) is 13.2 Å². The van der Waals surface area contributed by atoms with Crippen LogP contribution in [0.15, 0.2) is 54.6 Å². The zero-order valence-electron chi connectivity index (χ0n) is 23.7. The molecule has 1 saturated carbocycles. The third-order valence-corrected chi connectivity index (χ3v) is 7.94. The fourth-order valence-electron chi connectivity index (χ4n) is 5.53. The lowest BCUT2D eigenvalue weighted by Gasteiger charge is -2.29. The maximum Gasteiger partial charge on any atom is 0.430 e. The fourth-order valence-corrected chi connectivity index (χ4v) is 5.53. The van der Waals surface area contributed by atoms with Crippen molar-refractivity contribution >= 4 is 11.9 Å². The molecule has 0 bridgehead atoms. The Labute approximate surface area is 246 Å². The maximum atomic E-state index is 14.7. The van der Waals surface area contributed by atoms with Gasteiger partial charge < -0.3 is 30.2 Å². The Morgan fingerprint density at radius 3 is 2.35 bits per heavy atom. The van der Waals surface area contributed by atoms with Gasteiger partial charge in [0.2, 0.25) is 0 Å². The Morgan fingerprint density at radius 1 is 1.07 bits per heavy atom. The number of carboxylic acids is 2. The molecule has 0 radical (unpaired) electrons. The normalized spacial score (nSPS) is 17.4. The lowest BCUT2D eigenvalue weighted by Crippen LogP contribution is -2.47. The minimum absolute atomic E-state index is 0.00610. The number of carboxylic acid groups (broad SMARTS) is 2. The van der Waals surface area contributed by atoms with Crippen molar-refractivity contribution in [1.29, 1.82) is 0 Å². The molecule has 4 N–H and O–H groups in total. The second kappa shape index (κ2) is 13.0. The minimum atomic E-state index is -5.19. The number of aryl methyl sites for hydroxylation is 1. The number of carbonyl (C=O) groups is 2. The van der Waals surface area contributed by atoms with Crippen LogP contribution in [-0.2, 0) is 22.6 Å². The van der Waals surface area contributed by atoms with Gasteiger partial charge >= 0.3 is 12.1 Å². The molecular formula is C32H33F4NO6. The zero-order valence-corrected chi connectivity index (χ0v) is 23.7. The van der Waals surface area contributed by atoms with E-state index in [0.717, 1.165) is 59.3 Å². The number of rotatable bonds is 8. The lowest BCUT2D eigenvalue weighted by atomic mass is 9.82. The lowest BCUT2D eigenvalue weighted by molar-refractivity contribution is -0.386. The number of carbonyl (C=O) groups excluding carboxylic acids is 1. The molecule has 1 fully saturated rings. The van der Waals surface area contributed by atoms with Crippen LogP contribution in [0.5, 0.6) is 11.5 Å². The summed E-state index contributed by atoms with van der Waals surface area (Å²) in [7, 11) is 1.57. The number of quaternary nitrogens is 1. The fraction of sp³-hybridized carbons (Fsp3) is 0.375. The van der Waals surface area contributed by atoms with Crippen molar-refractivity contribution in [3.05, 3.63) is 82.7 Å². The number of hydrogen-bond donors (Lipinski definition) is 2. The van der Waals surface area contributed by atoms with Crippen LogP contribution in [0.25, 0.3) is 11.1 Å². The van der Waals surface area contributed by atoms with E-state index in [4.69, 9.17) is 19.4 Å². The molecule has 1 heterocycles. The predicted molar refractivity (Wildman–Crippen MR) is 146 cm³/mol. The van der Waals surface area contributed by atoms with Crippen LogP contribution in [0.3, 0.4) is 0 Å². The van der Waals surface area contributed by atoms with E-state index < -0.39 is 24.0 Å². The van der Waals surface area contributed by atoms with Gasteiger partial charge in [-0.1, -0.05) is 31.2 Å². The van der Waals surface area contributed by atoms with Crippen LogP contribution in [0.2, 0.25) is 0 Å². The minimum Gasteiger partial charge on any atom is -0.542 e. The second-order valence-corrected chi connectivity index (χ2v) is 10.8. The van der Waals surface area contributed by atoms with Crippen molar-refractivity contribution in [1.82, 2.24) is 0 Å². The van der Waals surface area contributed by atoms with Gasteiger partial charge in [0.1, 0.15) is 35.9 Å². The summed E-state index contributed by atoms with van der Waals surface area (Å²) in [5.74, 6) is -2.61. The average molecular weight is 604 g/mol. The van der Waals surface area contributed by atoms with Gasteiger partial charge in [-0.25, -0.2) is 4.39 Å². The van der Waals surface area contributed by atoms with Gasteiger partial charge in [0.15, 0.2) is 0 Å². The van der Waals surface area contributed by atoms with Crippen LogP contribution in [-0.4, -0.2) is 30.3 Å². The molecule has 5 rings (SSSR count). The smallest absolute Gasteiger partial charge is 0.430 e. The third kappa shape index (κ3) is 7.45.